The first kappa shape index (κ1) is 8.23. The predicted octanol–water partition coefficient (Wildman–Crippen LogP) is -0.787. The summed E-state index contributed by atoms with van der Waals surface area (Å²) in [5.41, 5.74) is -1.13. The van der Waals surface area contributed by atoms with Crippen LogP contribution in [0.15, 0.2) is 11.8 Å². The molecule has 1 rings (SSSR count). The number of aliphatic hydroxyl groups excluding tert-OH is 2. The molecule has 0 spiro atoms. The molecule has 1 unspecified atom stereocenters. The van der Waals surface area contributed by atoms with Crippen LogP contribution in [0.1, 0.15) is 6.42 Å². The number of rotatable bonds is 3. The van der Waals surface area contributed by atoms with Gasteiger partial charge in [0.1, 0.15) is 12.4 Å². The highest BCUT2D eigenvalue weighted by atomic mass is 16.5. The van der Waals surface area contributed by atoms with Crippen molar-refractivity contribution in [1.29, 1.82) is 0 Å². The predicted molar refractivity (Wildman–Crippen MR) is 36.8 cm³/mol. The first-order valence-corrected chi connectivity index (χ1v) is 3.32. The van der Waals surface area contributed by atoms with Crippen molar-refractivity contribution in [2.24, 2.45) is 0 Å². The fourth-order valence-electron chi connectivity index (χ4n) is 0.934. The summed E-state index contributed by atoms with van der Waals surface area (Å²) in [4.78, 5) is 10.4. The van der Waals surface area contributed by atoms with Crippen LogP contribution in [0, 0.1) is 0 Å². The Bertz CT molecular complexity index is 187. The second kappa shape index (κ2) is 3.02. The molecule has 11 heavy (non-hydrogen) atoms. The number of aliphatic hydroxyl groups is 2. The molecule has 0 aliphatic carbocycles. The standard InChI is InChI=1S/C7H10O4/c8-3-6-1-2-7(4-9,5-10)11-6/h1,4,8,10H,2-3,5H2. The Balaban J connectivity index is 2.61. The molecule has 62 valence electrons. The Labute approximate surface area is 64.1 Å². The molecule has 4 nitrogen and oxygen atoms in total. The third-order valence-electron chi connectivity index (χ3n) is 1.65. The molecule has 0 amide bonds. The van der Waals surface area contributed by atoms with Gasteiger partial charge in [0.2, 0.25) is 0 Å². The van der Waals surface area contributed by atoms with Crippen molar-refractivity contribution < 1.29 is 19.7 Å². The van der Waals surface area contributed by atoms with Crippen LogP contribution in [0.4, 0.5) is 0 Å². The van der Waals surface area contributed by atoms with Gasteiger partial charge in [-0.1, -0.05) is 0 Å². The SMILES string of the molecule is O=CC1(CO)CC=C(CO)O1. The maximum atomic E-state index is 10.4. The lowest BCUT2D eigenvalue weighted by atomic mass is 10.1. The second-order valence-corrected chi connectivity index (χ2v) is 2.48. The zero-order chi connectivity index (χ0) is 8.32. The first-order chi connectivity index (χ1) is 5.26. The van der Waals surface area contributed by atoms with Gasteiger partial charge >= 0.3 is 0 Å². The molecule has 4 heteroatoms. The average Bonchev–Trinajstić information content (AvgIpc) is 2.49. The third kappa shape index (κ3) is 1.41. The van der Waals surface area contributed by atoms with E-state index in [2.05, 4.69) is 0 Å². The van der Waals surface area contributed by atoms with Crippen LogP contribution < -0.4 is 0 Å². The zero-order valence-electron chi connectivity index (χ0n) is 5.99. The van der Waals surface area contributed by atoms with Crippen LogP contribution in [0.2, 0.25) is 0 Å². The Morgan fingerprint density at radius 2 is 2.45 bits per heavy atom. The summed E-state index contributed by atoms with van der Waals surface area (Å²) in [6.45, 7) is -0.577. The average molecular weight is 158 g/mol. The molecule has 1 atom stereocenters. The van der Waals surface area contributed by atoms with E-state index < -0.39 is 5.60 Å². The van der Waals surface area contributed by atoms with E-state index in [1.807, 2.05) is 0 Å². The molecule has 0 aromatic rings. The van der Waals surface area contributed by atoms with E-state index in [1.165, 1.54) is 0 Å². The van der Waals surface area contributed by atoms with Gasteiger partial charge in [-0.2, -0.15) is 0 Å². The molecule has 0 saturated carbocycles. The Morgan fingerprint density at radius 1 is 1.73 bits per heavy atom. The Morgan fingerprint density at radius 3 is 2.73 bits per heavy atom. The minimum atomic E-state index is -1.13. The molecule has 1 heterocycles. The third-order valence-corrected chi connectivity index (χ3v) is 1.65. The summed E-state index contributed by atoms with van der Waals surface area (Å²) in [7, 11) is 0. The van der Waals surface area contributed by atoms with E-state index >= 15 is 0 Å². The van der Waals surface area contributed by atoms with Gasteiger partial charge in [0, 0.05) is 6.42 Å². The van der Waals surface area contributed by atoms with Crippen molar-refractivity contribution in [3.05, 3.63) is 11.8 Å². The molecule has 0 aromatic heterocycles. The number of hydrogen-bond acceptors (Lipinski definition) is 4. The summed E-state index contributed by atoms with van der Waals surface area (Å²) in [6.07, 6.45) is 2.50. The van der Waals surface area contributed by atoms with Crippen molar-refractivity contribution in [2.45, 2.75) is 12.0 Å². The Hall–Kier alpha value is -0.870. The van der Waals surface area contributed by atoms with E-state index in [-0.39, 0.29) is 13.2 Å². The molecule has 0 saturated heterocycles. The maximum absolute atomic E-state index is 10.4. The molecule has 0 fully saturated rings. The molecular weight excluding hydrogens is 148 g/mol. The first-order valence-electron chi connectivity index (χ1n) is 3.32. The summed E-state index contributed by atoms with van der Waals surface area (Å²) < 4.78 is 4.99. The zero-order valence-corrected chi connectivity index (χ0v) is 5.99. The van der Waals surface area contributed by atoms with Crippen molar-refractivity contribution >= 4 is 6.29 Å². The summed E-state index contributed by atoms with van der Waals surface area (Å²) in [5, 5.41) is 17.4. The number of ether oxygens (including phenoxy) is 1. The molecule has 2 N–H and O–H groups in total. The summed E-state index contributed by atoms with van der Waals surface area (Å²) in [6, 6.07) is 0. The minimum absolute atomic E-state index is 0.227. The molecule has 1 aliphatic heterocycles. The van der Waals surface area contributed by atoms with Crippen molar-refractivity contribution in [1.82, 2.24) is 0 Å². The number of aldehydes is 1. The fourth-order valence-corrected chi connectivity index (χ4v) is 0.934. The van der Waals surface area contributed by atoms with E-state index in [9.17, 15) is 4.79 Å². The van der Waals surface area contributed by atoms with Gasteiger partial charge in [-0.15, -0.1) is 0 Å². The fraction of sp³-hybridized carbons (Fsp3) is 0.571. The lowest BCUT2D eigenvalue weighted by Gasteiger charge is -2.20. The van der Waals surface area contributed by atoms with Gasteiger partial charge < -0.3 is 14.9 Å². The van der Waals surface area contributed by atoms with Gasteiger partial charge in [0.05, 0.1) is 6.61 Å². The van der Waals surface area contributed by atoms with Crippen molar-refractivity contribution in [3.63, 3.8) is 0 Å². The highest BCUT2D eigenvalue weighted by molar-refractivity contribution is 5.64. The van der Waals surface area contributed by atoms with Crippen LogP contribution in [-0.2, 0) is 9.53 Å². The molecule has 0 radical (unpaired) electrons. The van der Waals surface area contributed by atoms with Gasteiger partial charge in [-0.05, 0) is 6.08 Å². The van der Waals surface area contributed by atoms with Gasteiger partial charge in [0.15, 0.2) is 11.9 Å². The van der Waals surface area contributed by atoms with Crippen LogP contribution in [0.5, 0.6) is 0 Å². The smallest absolute Gasteiger partial charge is 0.190 e. The highest BCUT2D eigenvalue weighted by Crippen LogP contribution is 2.25. The second-order valence-electron chi connectivity index (χ2n) is 2.48. The van der Waals surface area contributed by atoms with E-state index in [0.29, 0.717) is 18.5 Å². The Kier molecular flexibility index (Phi) is 2.26. The van der Waals surface area contributed by atoms with E-state index in [1.54, 1.807) is 6.08 Å². The summed E-state index contributed by atoms with van der Waals surface area (Å²) >= 11 is 0. The minimum Gasteiger partial charge on any atom is -0.479 e. The molecular formula is C7H10O4. The highest BCUT2D eigenvalue weighted by Gasteiger charge is 2.35. The van der Waals surface area contributed by atoms with Crippen LogP contribution in [0.25, 0.3) is 0 Å². The van der Waals surface area contributed by atoms with Gasteiger partial charge in [0.25, 0.3) is 0 Å². The molecule has 0 aromatic carbocycles. The lowest BCUT2D eigenvalue weighted by molar-refractivity contribution is -0.128. The van der Waals surface area contributed by atoms with Gasteiger partial charge in [-0.25, -0.2) is 0 Å². The lowest BCUT2D eigenvalue weighted by Crippen LogP contribution is -2.34. The molecule has 0 bridgehead atoms. The van der Waals surface area contributed by atoms with Crippen LogP contribution >= 0.6 is 0 Å². The number of carbonyl (C=O) groups is 1. The normalized spacial score (nSPS) is 29.5. The summed E-state index contributed by atoms with van der Waals surface area (Å²) in [5.74, 6) is 0.353. The quantitative estimate of drug-likeness (QED) is 0.528. The largest absolute Gasteiger partial charge is 0.479 e. The van der Waals surface area contributed by atoms with Crippen molar-refractivity contribution in [3.8, 4) is 0 Å². The van der Waals surface area contributed by atoms with E-state index in [4.69, 9.17) is 14.9 Å². The maximum Gasteiger partial charge on any atom is 0.190 e. The van der Waals surface area contributed by atoms with Crippen molar-refractivity contribution in [2.75, 3.05) is 13.2 Å². The molecule has 1 aliphatic rings. The topological polar surface area (TPSA) is 66.8 Å². The number of hydrogen-bond donors (Lipinski definition) is 2. The van der Waals surface area contributed by atoms with Crippen LogP contribution in [0.3, 0.4) is 0 Å². The van der Waals surface area contributed by atoms with Crippen LogP contribution in [-0.4, -0.2) is 35.3 Å². The van der Waals surface area contributed by atoms with Gasteiger partial charge in [-0.3, -0.25) is 4.79 Å². The number of carbonyl (C=O) groups excluding carboxylic acids is 1. The monoisotopic (exact) mass is 158 g/mol. The van der Waals surface area contributed by atoms with E-state index in [0.717, 1.165) is 0 Å².